The molecule has 1 N–H and O–H groups in total. The number of carbonyl (C=O) groups is 1. The quantitative estimate of drug-likeness (QED) is 0.864. The Kier molecular flexibility index (Phi) is 4.31. The first-order valence-corrected chi connectivity index (χ1v) is 9.27. The molecule has 22 heavy (non-hydrogen) atoms. The Balaban J connectivity index is 1.86. The third kappa shape index (κ3) is 3.23. The molecular formula is C19H22NOP. The van der Waals surface area contributed by atoms with Crippen molar-refractivity contribution in [2.24, 2.45) is 5.41 Å². The maximum atomic E-state index is 12.1. The molecule has 1 aliphatic heterocycles. The van der Waals surface area contributed by atoms with Gasteiger partial charge in [-0.25, -0.2) is 0 Å². The Labute approximate surface area is 133 Å². The van der Waals surface area contributed by atoms with Crippen LogP contribution in [0.1, 0.15) is 20.3 Å². The van der Waals surface area contributed by atoms with Crippen molar-refractivity contribution in [3.63, 3.8) is 0 Å². The van der Waals surface area contributed by atoms with Gasteiger partial charge in [0.2, 0.25) is 5.91 Å². The first kappa shape index (κ1) is 15.2. The van der Waals surface area contributed by atoms with Crippen molar-refractivity contribution in [2.45, 2.75) is 26.3 Å². The van der Waals surface area contributed by atoms with Gasteiger partial charge in [-0.2, -0.15) is 0 Å². The lowest BCUT2D eigenvalue weighted by molar-refractivity contribution is -0.126. The molecule has 3 rings (SSSR count). The van der Waals surface area contributed by atoms with Crippen molar-refractivity contribution >= 4 is 24.4 Å². The van der Waals surface area contributed by atoms with Crippen LogP contribution in [0.2, 0.25) is 0 Å². The van der Waals surface area contributed by atoms with E-state index in [1.807, 2.05) is 13.8 Å². The lowest BCUT2D eigenvalue weighted by Gasteiger charge is -2.22. The van der Waals surface area contributed by atoms with Crippen LogP contribution >= 0.6 is 7.92 Å². The van der Waals surface area contributed by atoms with Gasteiger partial charge in [0.15, 0.2) is 0 Å². The summed E-state index contributed by atoms with van der Waals surface area (Å²) < 4.78 is 0. The summed E-state index contributed by atoms with van der Waals surface area (Å²) in [6, 6.07) is 21.6. The Morgan fingerprint density at radius 2 is 1.50 bits per heavy atom. The van der Waals surface area contributed by atoms with Crippen LogP contribution < -0.4 is 15.9 Å². The van der Waals surface area contributed by atoms with E-state index >= 15 is 0 Å². The van der Waals surface area contributed by atoms with Gasteiger partial charge in [0, 0.05) is 11.5 Å². The van der Waals surface area contributed by atoms with E-state index in [-0.39, 0.29) is 17.4 Å². The maximum absolute atomic E-state index is 12.1. The van der Waals surface area contributed by atoms with E-state index in [2.05, 4.69) is 66.0 Å². The minimum Gasteiger partial charge on any atom is -0.352 e. The second-order valence-corrected chi connectivity index (χ2v) is 8.79. The van der Waals surface area contributed by atoms with Crippen molar-refractivity contribution in [2.75, 3.05) is 6.16 Å². The predicted octanol–water partition coefficient (Wildman–Crippen LogP) is 3.03. The van der Waals surface area contributed by atoms with E-state index in [1.54, 1.807) is 0 Å². The molecule has 0 spiro atoms. The number of carbonyl (C=O) groups excluding carboxylic acids is 1. The van der Waals surface area contributed by atoms with Crippen LogP contribution in [-0.4, -0.2) is 18.1 Å². The average Bonchev–Trinajstić information content (AvgIpc) is 2.79. The van der Waals surface area contributed by atoms with E-state index in [0.717, 1.165) is 12.6 Å². The molecule has 0 aromatic heterocycles. The molecule has 1 amide bonds. The minimum atomic E-state index is -0.437. The third-order valence-electron chi connectivity index (χ3n) is 4.25. The van der Waals surface area contributed by atoms with Crippen LogP contribution in [-0.2, 0) is 4.79 Å². The maximum Gasteiger partial charge on any atom is 0.225 e. The summed E-state index contributed by atoms with van der Waals surface area (Å²) in [4.78, 5) is 12.1. The zero-order valence-corrected chi connectivity index (χ0v) is 14.0. The molecule has 0 bridgehead atoms. The number of amides is 1. The largest absolute Gasteiger partial charge is 0.352 e. The number of hydrogen-bond donors (Lipinski definition) is 1. The molecule has 2 aromatic carbocycles. The van der Waals surface area contributed by atoms with Gasteiger partial charge < -0.3 is 5.32 Å². The molecule has 0 saturated carbocycles. The highest BCUT2D eigenvalue weighted by Crippen LogP contribution is 2.39. The fraction of sp³-hybridized carbons (Fsp3) is 0.316. The van der Waals surface area contributed by atoms with Crippen LogP contribution in [0, 0.1) is 5.41 Å². The summed E-state index contributed by atoms with van der Waals surface area (Å²) in [5, 5.41) is 5.95. The average molecular weight is 311 g/mol. The smallest absolute Gasteiger partial charge is 0.225 e. The number of nitrogens with one attached hydrogen (secondary N) is 1. The zero-order valence-electron chi connectivity index (χ0n) is 13.1. The highest BCUT2D eigenvalue weighted by atomic mass is 31.1. The van der Waals surface area contributed by atoms with Crippen molar-refractivity contribution in [3.8, 4) is 0 Å². The number of rotatable bonds is 4. The Bertz CT molecular complexity index is 599. The first-order valence-electron chi connectivity index (χ1n) is 7.75. The van der Waals surface area contributed by atoms with E-state index in [9.17, 15) is 4.79 Å². The van der Waals surface area contributed by atoms with Crippen LogP contribution in [0.5, 0.6) is 0 Å². The predicted molar refractivity (Wildman–Crippen MR) is 94.3 cm³/mol. The van der Waals surface area contributed by atoms with Crippen molar-refractivity contribution < 1.29 is 4.79 Å². The monoisotopic (exact) mass is 311 g/mol. The molecule has 1 heterocycles. The van der Waals surface area contributed by atoms with E-state index in [1.165, 1.54) is 10.6 Å². The van der Waals surface area contributed by atoms with E-state index < -0.39 is 7.92 Å². The van der Waals surface area contributed by atoms with Crippen molar-refractivity contribution in [1.29, 1.82) is 0 Å². The summed E-state index contributed by atoms with van der Waals surface area (Å²) in [5.41, 5.74) is -0.237. The summed E-state index contributed by atoms with van der Waals surface area (Å²) >= 11 is 0. The van der Waals surface area contributed by atoms with Gasteiger partial charge in [0.25, 0.3) is 0 Å². The summed E-state index contributed by atoms with van der Waals surface area (Å²) in [6.07, 6.45) is 1.93. The molecule has 1 unspecified atom stereocenters. The van der Waals surface area contributed by atoms with Crippen LogP contribution in [0.4, 0.5) is 0 Å². The third-order valence-corrected chi connectivity index (χ3v) is 6.89. The van der Waals surface area contributed by atoms with Crippen molar-refractivity contribution in [3.05, 3.63) is 60.7 Å². The molecule has 2 nitrogen and oxygen atoms in total. The van der Waals surface area contributed by atoms with E-state index in [4.69, 9.17) is 0 Å². The Hall–Kier alpha value is -1.66. The summed E-state index contributed by atoms with van der Waals surface area (Å²) in [6.45, 7) is 4.07. The number of hydrogen-bond acceptors (Lipinski definition) is 1. The normalized spacial score (nSPS) is 20.1. The Morgan fingerprint density at radius 3 is 1.91 bits per heavy atom. The molecule has 114 valence electrons. The number of benzene rings is 2. The lowest BCUT2D eigenvalue weighted by atomic mass is 9.90. The highest BCUT2D eigenvalue weighted by molar-refractivity contribution is 7.73. The lowest BCUT2D eigenvalue weighted by Crippen LogP contribution is -2.32. The fourth-order valence-electron chi connectivity index (χ4n) is 3.05. The molecule has 1 fully saturated rings. The summed E-state index contributed by atoms with van der Waals surface area (Å²) in [7, 11) is -0.437. The second kappa shape index (κ2) is 6.22. The second-order valence-electron chi connectivity index (χ2n) is 6.54. The molecule has 2 aromatic rings. The first-order chi connectivity index (χ1) is 10.6. The van der Waals surface area contributed by atoms with Gasteiger partial charge in [0.1, 0.15) is 0 Å². The fourth-order valence-corrected chi connectivity index (χ4v) is 5.49. The van der Waals surface area contributed by atoms with Crippen LogP contribution in [0.15, 0.2) is 60.7 Å². The minimum absolute atomic E-state index is 0.188. The van der Waals surface area contributed by atoms with Crippen molar-refractivity contribution in [1.82, 2.24) is 5.32 Å². The van der Waals surface area contributed by atoms with E-state index in [0.29, 0.717) is 0 Å². The molecule has 3 heteroatoms. The molecule has 0 radical (unpaired) electrons. The molecule has 1 aliphatic rings. The SMILES string of the molecule is CC1(C)CC(CP(c2ccccc2)c2ccccc2)NC1=O. The van der Waals surface area contributed by atoms with Crippen LogP contribution in [0.25, 0.3) is 0 Å². The topological polar surface area (TPSA) is 29.1 Å². The standard InChI is InChI=1S/C19H22NOP/c1-19(2)13-15(20-18(19)21)14-22(16-9-5-3-6-10-16)17-11-7-4-8-12-17/h3-12,15H,13-14H2,1-2H3,(H,20,21). The van der Waals surface area contributed by atoms with Crippen LogP contribution in [0.3, 0.4) is 0 Å². The van der Waals surface area contributed by atoms with Gasteiger partial charge in [0.05, 0.1) is 0 Å². The molecule has 1 atom stereocenters. The van der Waals surface area contributed by atoms with Gasteiger partial charge >= 0.3 is 0 Å². The Morgan fingerprint density at radius 1 is 1.00 bits per heavy atom. The highest BCUT2D eigenvalue weighted by Gasteiger charge is 2.39. The van der Waals surface area contributed by atoms with Gasteiger partial charge in [-0.1, -0.05) is 74.5 Å². The zero-order chi connectivity index (χ0) is 15.6. The van der Waals surface area contributed by atoms with Gasteiger partial charge in [-0.3, -0.25) is 4.79 Å². The summed E-state index contributed by atoms with van der Waals surface area (Å²) in [5.74, 6) is 0.188. The molecule has 0 aliphatic carbocycles. The molecule has 1 saturated heterocycles. The van der Waals surface area contributed by atoms with Gasteiger partial charge in [-0.15, -0.1) is 0 Å². The molecular weight excluding hydrogens is 289 g/mol. The van der Waals surface area contributed by atoms with Gasteiger partial charge in [-0.05, 0) is 31.1 Å².